The van der Waals surface area contributed by atoms with Gasteiger partial charge < -0.3 is 21.3 Å². The second-order valence-corrected chi connectivity index (χ2v) is 4.98. The van der Waals surface area contributed by atoms with E-state index in [0.717, 1.165) is 0 Å². The highest BCUT2D eigenvalue weighted by Gasteiger charge is 2.27. The lowest BCUT2D eigenvalue weighted by Gasteiger charge is -2.28. The van der Waals surface area contributed by atoms with Crippen molar-refractivity contribution in [3.8, 4) is 0 Å². The van der Waals surface area contributed by atoms with Crippen molar-refractivity contribution in [1.29, 1.82) is 0 Å². The van der Waals surface area contributed by atoms with Crippen LogP contribution in [0.3, 0.4) is 0 Å². The molecule has 5 nitrogen and oxygen atoms in total. The van der Waals surface area contributed by atoms with E-state index in [9.17, 15) is 4.79 Å². The molecule has 0 fully saturated rings. The molecular weight excluding hydrogens is 196 g/mol. The van der Waals surface area contributed by atoms with Crippen LogP contribution in [-0.4, -0.2) is 42.4 Å². The lowest BCUT2D eigenvalue weighted by Crippen LogP contribution is -2.45. The molecule has 0 atom stereocenters. The van der Waals surface area contributed by atoms with Gasteiger partial charge >= 0.3 is 0 Å². The number of hydrogen-bond donors (Lipinski definition) is 4. The number of primary amides is 1. The van der Waals surface area contributed by atoms with Crippen LogP contribution < -0.4 is 11.1 Å². The van der Waals surface area contributed by atoms with Crippen LogP contribution in [-0.2, 0) is 4.79 Å². The molecule has 0 aromatic carbocycles. The maximum Gasteiger partial charge on any atom is 0.224 e. The summed E-state index contributed by atoms with van der Waals surface area (Å²) in [6.07, 6.45) is 0. The molecule has 1 amide bonds. The van der Waals surface area contributed by atoms with Crippen molar-refractivity contribution in [3.63, 3.8) is 0 Å². The molecule has 0 spiro atoms. The van der Waals surface area contributed by atoms with E-state index in [-0.39, 0.29) is 19.1 Å². The fraction of sp³-hybridized carbons (Fsp3) is 0.900. The van der Waals surface area contributed by atoms with Crippen LogP contribution in [0.15, 0.2) is 0 Å². The molecule has 5 N–H and O–H groups in total. The molecule has 0 aromatic rings. The van der Waals surface area contributed by atoms with Crippen LogP contribution >= 0.6 is 0 Å². The van der Waals surface area contributed by atoms with Crippen molar-refractivity contribution in [3.05, 3.63) is 0 Å². The van der Waals surface area contributed by atoms with Gasteiger partial charge in [-0.05, 0) is 13.8 Å². The van der Waals surface area contributed by atoms with E-state index in [1.807, 2.05) is 0 Å². The Morgan fingerprint density at radius 3 is 2.00 bits per heavy atom. The first-order valence-electron chi connectivity index (χ1n) is 5.00. The van der Waals surface area contributed by atoms with Crippen molar-refractivity contribution in [2.75, 3.05) is 26.3 Å². The van der Waals surface area contributed by atoms with Gasteiger partial charge in [-0.1, -0.05) is 6.92 Å². The second-order valence-electron chi connectivity index (χ2n) is 4.98. The van der Waals surface area contributed by atoms with Crippen LogP contribution in [0.25, 0.3) is 0 Å². The summed E-state index contributed by atoms with van der Waals surface area (Å²) in [7, 11) is 0. The number of nitrogens with one attached hydrogen (secondary N) is 1. The molecule has 0 aliphatic heterocycles. The largest absolute Gasteiger partial charge is 0.396 e. The number of hydrogen-bond acceptors (Lipinski definition) is 4. The van der Waals surface area contributed by atoms with Gasteiger partial charge in [0.1, 0.15) is 0 Å². The van der Waals surface area contributed by atoms with E-state index in [2.05, 4.69) is 5.32 Å². The standard InChI is InChI=1S/C10H22N2O3/c1-9(2,8(11)15)4-12-5-10(3,6-13)7-14/h12-14H,4-7H2,1-3H3,(H2,11,15). The number of rotatable bonds is 7. The average Bonchev–Trinajstić information content (AvgIpc) is 2.17. The van der Waals surface area contributed by atoms with Crippen LogP contribution in [0.5, 0.6) is 0 Å². The van der Waals surface area contributed by atoms with Crippen molar-refractivity contribution < 1.29 is 15.0 Å². The Hall–Kier alpha value is -0.650. The van der Waals surface area contributed by atoms with Gasteiger partial charge in [0.15, 0.2) is 0 Å². The third-order valence-corrected chi connectivity index (χ3v) is 2.55. The zero-order valence-electron chi connectivity index (χ0n) is 9.71. The molecule has 0 bridgehead atoms. The van der Waals surface area contributed by atoms with Crippen molar-refractivity contribution in [2.45, 2.75) is 20.8 Å². The normalized spacial score (nSPS) is 12.9. The molecule has 0 aliphatic rings. The maximum atomic E-state index is 11.0. The fourth-order valence-corrected chi connectivity index (χ4v) is 0.926. The first-order valence-corrected chi connectivity index (χ1v) is 5.00. The summed E-state index contributed by atoms with van der Waals surface area (Å²) in [6, 6.07) is 0. The summed E-state index contributed by atoms with van der Waals surface area (Å²) >= 11 is 0. The highest BCUT2D eigenvalue weighted by atomic mass is 16.3. The number of nitrogens with two attached hydrogens (primary N) is 1. The van der Waals surface area contributed by atoms with E-state index < -0.39 is 10.8 Å². The van der Waals surface area contributed by atoms with Crippen LogP contribution in [0, 0.1) is 10.8 Å². The Morgan fingerprint density at radius 1 is 1.20 bits per heavy atom. The molecule has 0 radical (unpaired) electrons. The monoisotopic (exact) mass is 218 g/mol. The molecule has 90 valence electrons. The van der Waals surface area contributed by atoms with E-state index in [0.29, 0.717) is 13.1 Å². The minimum atomic E-state index is -0.619. The number of carbonyl (C=O) groups excluding carboxylic acids is 1. The third kappa shape index (κ3) is 4.59. The Morgan fingerprint density at radius 2 is 1.67 bits per heavy atom. The van der Waals surface area contributed by atoms with Crippen LogP contribution in [0.1, 0.15) is 20.8 Å². The molecule has 0 aliphatic carbocycles. The minimum Gasteiger partial charge on any atom is -0.396 e. The molecule has 0 heterocycles. The highest BCUT2D eigenvalue weighted by molar-refractivity contribution is 5.80. The Kier molecular flexibility index (Phi) is 5.20. The first kappa shape index (κ1) is 14.3. The topological polar surface area (TPSA) is 95.6 Å². The summed E-state index contributed by atoms with van der Waals surface area (Å²) in [6.45, 7) is 5.92. The number of amides is 1. The van der Waals surface area contributed by atoms with E-state index in [1.54, 1.807) is 20.8 Å². The number of aliphatic hydroxyl groups is 2. The van der Waals surface area contributed by atoms with Gasteiger partial charge in [0.25, 0.3) is 0 Å². The smallest absolute Gasteiger partial charge is 0.224 e. The van der Waals surface area contributed by atoms with Gasteiger partial charge in [-0.3, -0.25) is 4.79 Å². The number of carbonyl (C=O) groups is 1. The Bertz CT molecular complexity index is 213. The van der Waals surface area contributed by atoms with Crippen LogP contribution in [0.4, 0.5) is 0 Å². The van der Waals surface area contributed by atoms with Gasteiger partial charge in [-0.25, -0.2) is 0 Å². The molecule has 15 heavy (non-hydrogen) atoms. The summed E-state index contributed by atoms with van der Waals surface area (Å²) < 4.78 is 0. The Balaban J connectivity index is 4.03. The van der Waals surface area contributed by atoms with Crippen LogP contribution in [0.2, 0.25) is 0 Å². The zero-order valence-corrected chi connectivity index (χ0v) is 9.71. The van der Waals surface area contributed by atoms with Crippen molar-refractivity contribution >= 4 is 5.91 Å². The van der Waals surface area contributed by atoms with Gasteiger partial charge in [0.2, 0.25) is 5.91 Å². The quantitative estimate of drug-likeness (QED) is 0.444. The lowest BCUT2D eigenvalue weighted by atomic mass is 9.90. The fourth-order valence-electron chi connectivity index (χ4n) is 0.926. The van der Waals surface area contributed by atoms with E-state index in [4.69, 9.17) is 15.9 Å². The van der Waals surface area contributed by atoms with E-state index >= 15 is 0 Å². The SMILES string of the molecule is CC(CO)(CO)CNCC(C)(C)C(N)=O. The van der Waals surface area contributed by atoms with Crippen molar-refractivity contribution in [1.82, 2.24) is 5.32 Å². The zero-order chi connectivity index (χ0) is 12.1. The first-order chi connectivity index (χ1) is 6.77. The van der Waals surface area contributed by atoms with Gasteiger partial charge in [-0.15, -0.1) is 0 Å². The van der Waals surface area contributed by atoms with E-state index in [1.165, 1.54) is 0 Å². The Labute approximate surface area is 90.7 Å². The third-order valence-electron chi connectivity index (χ3n) is 2.55. The summed E-state index contributed by atoms with van der Waals surface area (Å²) in [5, 5.41) is 21.1. The minimum absolute atomic E-state index is 0.104. The lowest BCUT2D eigenvalue weighted by molar-refractivity contribution is -0.125. The van der Waals surface area contributed by atoms with Gasteiger partial charge in [0, 0.05) is 18.5 Å². The molecule has 0 saturated heterocycles. The molecule has 0 unspecified atom stereocenters. The summed E-state index contributed by atoms with van der Waals surface area (Å²) in [5.41, 5.74) is 4.03. The predicted molar refractivity (Wildman–Crippen MR) is 58.1 cm³/mol. The predicted octanol–water partition coefficient (Wildman–Crippen LogP) is -0.922. The molecule has 0 rings (SSSR count). The van der Waals surface area contributed by atoms with Crippen molar-refractivity contribution in [2.24, 2.45) is 16.6 Å². The molecule has 5 heteroatoms. The molecular formula is C10H22N2O3. The summed E-state index contributed by atoms with van der Waals surface area (Å²) in [5.74, 6) is -0.371. The molecule has 0 aromatic heterocycles. The van der Waals surface area contributed by atoms with Gasteiger partial charge in [-0.2, -0.15) is 0 Å². The summed E-state index contributed by atoms with van der Waals surface area (Å²) in [4.78, 5) is 11.0. The average molecular weight is 218 g/mol. The second kappa shape index (κ2) is 5.44. The van der Waals surface area contributed by atoms with Gasteiger partial charge in [0.05, 0.1) is 18.6 Å². The number of aliphatic hydroxyl groups excluding tert-OH is 2. The highest BCUT2D eigenvalue weighted by Crippen LogP contribution is 2.15. The maximum absolute atomic E-state index is 11.0. The molecule has 0 saturated carbocycles.